The number of benzene rings is 1. The monoisotopic (exact) mass is 366 g/mol. The van der Waals surface area contributed by atoms with Crippen LogP contribution in [-0.4, -0.2) is 18.0 Å². The third-order valence-electron chi connectivity index (χ3n) is 7.02. The summed E-state index contributed by atoms with van der Waals surface area (Å²) in [5.74, 6) is 0.682. The lowest BCUT2D eigenvalue weighted by Crippen LogP contribution is -2.45. The second-order valence-electron chi connectivity index (χ2n) is 9.65. The highest BCUT2D eigenvalue weighted by Crippen LogP contribution is 2.62. The smallest absolute Gasteiger partial charge is 0.345 e. The molecule has 3 aliphatic carbocycles. The number of hydrogen-bond donors (Lipinski definition) is 0. The van der Waals surface area contributed by atoms with E-state index in [2.05, 4.69) is 12.2 Å². The average molecular weight is 366 g/mol. The lowest BCUT2D eigenvalue weighted by molar-refractivity contribution is -0.166. The van der Waals surface area contributed by atoms with Crippen molar-refractivity contribution >= 4 is 11.8 Å². The number of Topliss-reactive ketones (excluding diaryl/α,β-unsaturated/α-hetero) is 1. The van der Waals surface area contributed by atoms with Crippen LogP contribution in [0.2, 0.25) is 0 Å². The molecule has 4 aliphatic rings. The summed E-state index contributed by atoms with van der Waals surface area (Å²) in [6.45, 7) is 6.03. The molecule has 2 bridgehead atoms. The fourth-order valence-electron chi connectivity index (χ4n) is 5.87. The van der Waals surface area contributed by atoms with Crippen LogP contribution in [0.3, 0.4) is 0 Å². The highest BCUT2D eigenvalue weighted by atomic mass is 16.8. The zero-order valence-corrected chi connectivity index (χ0v) is 16.1. The lowest BCUT2D eigenvalue weighted by Gasteiger charge is -2.37. The van der Waals surface area contributed by atoms with Gasteiger partial charge in [-0.3, -0.25) is 4.79 Å². The molecule has 1 saturated heterocycles. The zero-order valence-electron chi connectivity index (χ0n) is 16.1. The average Bonchev–Trinajstić information content (AvgIpc) is 3.37. The Morgan fingerprint density at radius 1 is 1.04 bits per heavy atom. The van der Waals surface area contributed by atoms with E-state index in [0.717, 1.165) is 12.0 Å². The van der Waals surface area contributed by atoms with Crippen LogP contribution in [0.25, 0.3) is 0 Å². The lowest BCUT2D eigenvalue weighted by atomic mass is 9.70. The van der Waals surface area contributed by atoms with Crippen molar-refractivity contribution < 1.29 is 19.1 Å². The van der Waals surface area contributed by atoms with Crippen molar-refractivity contribution in [2.24, 2.45) is 35.0 Å². The van der Waals surface area contributed by atoms with E-state index in [1.807, 2.05) is 51.1 Å². The van der Waals surface area contributed by atoms with E-state index in [1.54, 1.807) is 0 Å². The quantitative estimate of drug-likeness (QED) is 0.589. The fourth-order valence-corrected chi connectivity index (χ4v) is 5.87. The molecule has 1 aliphatic heterocycles. The van der Waals surface area contributed by atoms with Gasteiger partial charge in [0, 0.05) is 23.7 Å². The molecule has 1 aromatic carbocycles. The predicted octanol–water partition coefficient (Wildman–Crippen LogP) is 3.85. The molecule has 7 atom stereocenters. The Morgan fingerprint density at radius 3 is 2.41 bits per heavy atom. The van der Waals surface area contributed by atoms with Gasteiger partial charge in [0.05, 0.1) is 0 Å². The minimum Gasteiger partial charge on any atom is -0.433 e. The molecule has 2 saturated carbocycles. The molecular weight excluding hydrogens is 340 g/mol. The molecular formula is C23H26O4. The molecule has 0 spiro atoms. The summed E-state index contributed by atoms with van der Waals surface area (Å²) in [6, 6.07) is 9.65. The molecule has 3 fully saturated rings. The largest absolute Gasteiger partial charge is 0.433 e. The molecule has 4 unspecified atom stereocenters. The maximum absolute atomic E-state index is 13.4. The molecule has 4 heteroatoms. The number of allylic oxidation sites excluding steroid dienone is 2. The summed E-state index contributed by atoms with van der Waals surface area (Å²) in [4.78, 5) is 26.3. The van der Waals surface area contributed by atoms with E-state index in [9.17, 15) is 9.59 Å². The van der Waals surface area contributed by atoms with Gasteiger partial charge in [-0.2, -0.15) is 0 Å². The number of fused-ring (bicyclic) bond motifs is 5. The normalized spacial score (nSPS) is 42.6. The molecule has 1 aromatic rings. The number of cyclic esters (lactones) is 1. The Labute approximate surface area is 159 Å². The van der Waals surface area contributed by atoms with E-state index in [4.69, 9.17) is 9.47 Å². The van der Waals surface area contributed by atoms with Crippen LogP contribution in [0.4, 0.5) is 0 Å². The Balaban J connectivity index is 1.63. The molecule has 0 aromatic heterocycles. The first-order chi connectivity index (χ1) is 12.8. The van der Waals surface area contributed by atoms with E-state index in [1.165, 1.54) is 0 Å². The fraction of sp³-hybridized carbons (Fsp3) is 0.565. The Bertz CT molecular complexity index is 821. The van der Waals surface area contributed by atoms with Gasteiger partial charge in [0.15, 0.2) is 5.60 Å². The number of rotatable bonds is 2. The molecule has 0 amide bonds. The van der Waals surface area contributed by atoms with E-state index in [0.29, 0.717) is 18.3 Å². The van der Waals surface area contributed by atoms with Gasteiger partial charge >= 0.3 is 5.97 Å². The predicted molar refractivity (Wildman–Crippen MR) is 99.4 cm³/mol. The molecule has 142 valence electrons. The molecule has 4 nitrogen and oxygen atoms in total. The summed E-state index contributed by atoms with van der Waals surface area (Å²) in [5, 5.41) is 0. The first-order valence-corrected chi connectivity index (χ1v) is 9.98. The Hall–Kier alpha value is -1.94. The van der Waals surface area contributed by atoms with Crippen LogP contribution in [0.1, 0.15) is 39.2 Å². The van der Waals surface area contributed by atoms with Crippen molar-refractivity contribution in [3.63, 3.8) is 0 Å². The van der Waals surface area contributed by atoms with Gasteiger partial charge in [-0.1, -0.05) is 63.3 Å². The summed E-state index contributed by atoms with van der Waals surface area (Å²) in [6.07, 6.45) is 5.25. The van der Waals surface area contributed by atoms with Crippen molar-refractivity contribution in [1.29, 1.82) is 0 Å². The maximum atomic E-state index is 13.4. The third kappa shape index (κ3) is 2.25. The minimum absolute atomic E-state index is 0.0377. The van der Waals surface area contributed by atoms with Crippen LogP contribution in [0.5, 0.6) is 0 Å². The summed E-state index contributed by atoms with van der Waals surface area (Å²) >= 11 is 0. The summed E-state index contributed by atoms with van der Waals surface area (Å²) < 4.78 is 12.3. The second-order valence-corrected chi connectivity index (χ2v) is 9.65. The summed E-state index contributed by atoms with van der Waals surface area (Å²) in [7, 11) is 0. The van der Waals surface area contributed by atoms with Gasteiger partial charge in [-0.05, 0) is 29.7 Å². The van der Waals surface area contributed by atoms with Crippen LogP contribution < -0.4 is 0 Å². The third-order valence-corrected chi connectivity index (χ3v) is 7.02. The molecule has 1 heterocycles. The maximum Gasteiger partial charge on any atom is 0.345 e. The standard InChI is InChI=1S/C23H26O4/c1-22(2,3)21-26-20(25)23(27-21,15-7-5-4-6-8-15)16-12-17(24)19-14-10-9-13(11-14)18(16)19/h4-10,13-14,16,18-19,21H,11-12H2,1-3H3/t13?,14?,16-,18?,19?,21-,23-/m0/s1. The number of hydrogen-bond acceptors (Lipinski definition) is 4. The van der Waals surface area contributed by atoms with Crippen molar-refractivity contribution in [3.8, 4) is 0 Å². The van der Waals surface area contributed by atoms with Crippen LogP contribution in [0.15, 0.2) is 42.5 Å². The van der Waals surface area contributed by atoms with Gasteiger partial charge < -0.3 is 9.47 Å². The zero-order chi connectivity index (χ0) is 19.0. The van der Waals surface area contributed by atoms with Crippen molar-refractivity contribution in [1.82, 2.24) is 0 Å². The number of carbonyl (C=O) groups is 2. The van der Waals surface area contributed by atoms with Crippen molar-refractivity contribution in [2.45, 2.75) is 45.5 Å². The van der Waals surface area contributed by atoms with E-state index >= 15 is 0 Å². The highest BCUT2D eigenvalue weighted by Gasteiger charge is 2.67. The van der Waals surface area contributed by atoms with Crippen molar-refractivity contribution in [3.05, 3.63) is 48.0 Å². The van der Waals surface area contributed by atoms with Crippen LogP contribution >= 0.6 is 0 Å². The number of carbonyl (C=O) groups excluding carboxylic acids is 2. The highest BCUT2D eigenvalue weighted by molar-refractivity contribution is 5.90. The van der Waals surface area contributed by atoms with Gasteiger partial charge in [-0.25, -0.2) is 4.79 Å². The van der Waals surface area contributed by atoms with E-state index in [-0.39, 0.29) is 34.9 Å². The SMILES string of the molecule is CC(C)(C)[C@H]1OC(=O)[C@](c2ccccc2)([C@H]2CC(=O)C3C4C=CC(C4)C32)O1. The van der Waals surface area contributed by atoms with Gasteiger partial charge in [0.1, 0.15) is 5.78 Å². The Kier molecular flexibility index (Phi) is 3.52. The Morgan fingerprint density at radius 2 is 1.74 bits per heavy atom. The van der Waals surface area contributed by atoms with Gasteiger partial charge in [0.2, 0.25) is 6.29 Å². The van der Waals surface area contributed by atoms with Crippen LogP contribution in [-0.2, 0) is 24.7 Å². The van der Waals surface area contributed by atoms with Gasteiger partial charge in [0.25, 0.3) is 0 Å². The molecule has 5 rings (SSSR count). The topological polar surface area (TPSA) is 52.6 Å². The molecule has 0 radical (unpaired) electrons. The van der Waals surface area contributed by atoms with Crippen molar-refractivity contribution in [2.75, 3.05) is 0 Å². The van der Waals surface area contributed by atoms with Gasteiger partial charge in [-0.15, -0.1) is 0 Å². The molecule has 0 N–H and O–H groups in total. The number of ketones is 1. The summed E-state index contributed by atoms with van der Waals surface area (Å²) in [5.41, 5.74) is -0.706. The van der Waals surface area contributed by atoms with Crippen LogP contribution in [0, 0.1) is 35.0 Å². The first-order valence-electron chi connectivity index (χ1n) is 9.98. The molecule has 27 heavy (non-hydrogen) atoms. The van der Waals surface area contributed by atoms with E-state index < -0.39 is 11.9 Å². The first kappa shape index (κ1) is 17.2. The number of esters is 1. The second kappa shape index (κ2) is 5.54. The number of ether oxygens (including phenoxy) is 2. The minimum atomic E-state index is -1.19.